The van der Waals surface area contributed by atoms with Crippen LogP contribution in [0.3, 0.4) is 0 Å². The van der Waals surface area contributed by atoms with Gasteiger partial charge in [-0.25, -0.2) is 0 Å². The number of hydrogen-bond donors (Lipinski definition) is 0. The van der Waals surface area contributed by atoms with Gasteiger partial charge in [0.1, 0.15) is 11.9 Å². The topological polar surface area (TPSA) is 15.7 Å². The van der Waals surface area contributed by atoms with E-state index in [0.717, 1.165) is 44.9 Å². The third-order valence-electron chi connectivity index (χ3n) is 4.89. The van der Waals surface area contributed by atoms with Crippen molar-refractivity contribution in [3.8, 4) is 5.75 Å². The summed E-state index contributed by atoms with van der Waals surface area (Å²) in [6.07, 6.45) is 1.11. The molecule has 3 rings (SSSR count). The second-order valence-electron chi connectivity index (χ2n) is 7.31. The summed E-state index contributed by atoms with van der Waals surface area (Å²) in [5.41, 5.74) is 3.88. The molecule has 1 saturated heterocycles. The van der Waals surface area contributed by atoms with Gasteiger partial charge in [-0.3, -0.25) is 4.90 Å². The number of benzene rings is 2. The van der Waals surface area contributed by atoms with Gasteiger partial charge < -0.3 is 9.64 Å². The van der Waals surface area contributed by atoms with Crippen LogP contribution in [0.2, 0.25) is 0 Å². The Morgan fingerprint density at radius 2 is 1.69 bits per heavy atom. The van der Waals surface area contributed by atoms with Crippen molar-refractivity contribution in [2.75, 3.05) is 39.8 Å². The van der Waals surface area contributed by atoms with E-state index in [1.165, 1.54) is 16.7 Å². The van der Waals surface area contributed by atoms with Gasteiger partial charge in [-0.05, 0) is 38.1 Å². The summed E-state index contributed by atoms with van der Waals surface area (Å²) in [4.78, 5) is 4.90. The lowest BCUT2D eigenvalue weighted by atomic mass is 10.0. The van der Waals surface area contributed by atoms with E-state index in [2.05, 4.69) is 79.2 Å². The first kappa shape index (κ1) is 20.8. The highest BCUT2D eigenvalue weighted by Gasteiger charge is 2.17. The van der Waals surface area contributed by atoms with E-state index in [1.807, 2.05) is 0 Å². The van der Waals surface area contributed by atoms with Crippen LogP contribution in [0.5, 0.6) is 5.75 Å². The summed E-state index contributed by atoms with van der Waals surface area (Å²) in [7, 11) is 2.19. The lowest BCUT2D eigenvalue weighted by Gasteiger charge is -2.34. The van der Waals surface area contributed by atoms with E-state index in [0.29, 0.717) is 0 Å². The number of aryl methyl sites for hydroxylation is 1. The molecule has 1 fully saturated rings. The van der Waals surface area contributed by atoms with Gasteiger partial charge in [0.05, 0.1) is 0 Å². The van der Waals surface area contributed by atoms with Crippen LogP contribution in [0, 0.1) is 6.92 Å². The number of nitrogens with zero attached hydrogens (tertiary/aromatic N) is 2. The standard InChI is InChI=1S/C22H30N2O.ClH/c1-18-9-10-22(21(15-18)16-20-7-5-4-6-8-20)25-19(2)17-24-13-11-23(3)12-14-24;/h4-10,15,19H,11-14,16-17H2,1-3H3;1H. The van der Waals surface area contributed by atoms with Crippen LogP contribution in [0.25, 0.3) is 0 Å². The fourth-order valence-electron chi connectivity index (χ4n) is 3.43. The van der Waals surface area contributed by atoms with Crippen molar-refractivity contribution in [1.29, 1.82) is 0 Å². The number of rotatable bonds is 6. The first-order chi connectivity index (χ1) is 12.1. The van der Waals surface area contributed by atoms with Gasteiger partial charge in [0.15, 0.2) is 0 Å². The van der Waals surface area contributed by atoms with Crippen LogP contribution in [0.1, 0.15) is 23.6 Å². The minimum absolute atomic E-state index is 0. The quantitative estimate of drug-likeness (QED) is 0.759. The van der Waals surface area contributed by atoms with Crippen LogP contribution >= 0.6 is 12.4 Å². The molecule has 1 aliphatic rings. The molecule has 1 atom stereocenters. The molecular weight excluding hydrogens is 344 g/mol. The number of likely N-dealkylation sites (N-methyl/N-ethyl adjacent to an activating group) is 1. The number of halogens is 1. The largest absolute Gasteiger partial charge is 0.489 e. The van der Waals surface area contributed by atoms with Gasteiger partial charge in [0, 0.05) is 39.1 Å². The third-order valence-corrected chi connectivity index (χ3v) is 4.89. The fraction of sp³-hybridized carbons (Fsp3) is 0.455. The summed E-state index contributed by atoms with van der Waals surface area (Å²) in [5.74, 6) is 1.02. The van der Waals surface area contributed by atoms with Gasteiger partial charge in [-0.1, -0.05) is 48.0 Å². The van der Waals surface area contributed by atoms with E-state index < -0.39 is 0 Å². The van der Waals surface area contributed by atoms with Crippen LogP contribution in [0.4, 0.5) is 0 Å². The van der Waals surface area contributed by atoms with Gasteiger partial charge in [-0.15, -0.1) is 12.4 Å². The van der Waals surface area contributed by atoms with Gasteiger partial charge >= 0.3 is 0 Å². The van der Waals surface area contributed by atoms with Crippen molar-refractivity contribution in [3.05, 3.63) is 65.2 Å². The molecule has 0 spiro atoms. The predicted molar refractivity (Wildman–Crippen MR) is 112 cm³/mol. The number of hydrogen-bond acceptors (Lipinski definition) is 3. The molecule has 3 nitrogen and oxygen atoms in total. The maximum absolute atomic E-state index is 6.35. The van der Waals surface area contributed by atoms with Gasteiger partial charge in [0.25, 0.3) is 0 Å². The average molecular weight is 375 g/mol. The van der Waals surface area contributed by atoms with Gasteiger partial charge in [-0.2, -0.15) is 0 Å². The Balaban J connectivity index is 0.00000243. The van der Waals surface area contributed by atoms with Crippen LogP contribution in [-0.4, -0.2) is 55.7 Å². The Labute approximate surface area is 164 Å². The molecule has 0 aromatic heterocycles. The van der Waals surface area contributed by atoms with E-state index >= 15 is 0 Å². The minimum atomic E-state index is 0. The van der Waals surface area contributed by atoms with Crippen LogP contribution in [-0.2, 0) is 6.42 Å². The molecule has 2 aromatic rings. The number of piperazine rings is 1. The van der Waals surface area contributed by atoms with Crippen molar-refractivity contribution in [2.24, 2.45) is 0 Å². The lowest BCUT2D eigenvalue weighted by Crippen LogP contribution is -2.47. The highest BCUT2D eigenvalue weighted by atomic mass is 35.5. The Morgan fingerprint density at radius 3 is 2.38 bits per heavy atom. The first-order valence-electron chi connectivity index (χ1n) is 9.31. The summed E-state index contributed by atoms with van der Waals surface area (Å²) in [5, 5.41) is 0. The summed E-state index contributed by atoms with van der Waals surface area (Å²) in [6.45, 7) is 9.89. The van der Waals surface area contributed by atoms with E-state index in [9.17, 15) is 0 Å². The van der Waals surface area contributed by atoms with E-state index in [4.69, 9.17) is 4.74 Å². The minimum Gasteiger partial charge on any atom is -0.489 e. The molecule has 1 unspecified atom stereocenters. The molecule has 0 radical (unpaired) electrons. The maximum Gasteiger partial charge on any atom is 0.123 e. The first-order valence-corrected chi connectivity index (χ1v) is 9.31. The SMILES string of the molecule is Cc1ccc(OC(C)CN2CCN(C)CC2)c(Cc2ccccc2)c1.Cl. The predicted octanol–water partition coefficient (Wildman–Crippen LogP) is 4.02. The molecule has 0 bridgehead atoms. The second-order valence-corrected chi connectivity index (χ2v) is 7.31. The highest BCUT2D eigenvalue weighted by Crippen LogP contribution is 2.24. The Kier molecular flexibility index (Phi) is 7.95. The highest BCUT2D eigenvalue weighted by molar-refractivity contribution is 5.85. The van der Waals surface area contributed by atoms with Crippen molar-refractivity contribution in [2.45, 2.75) is 26.4 Å². The molecule has 1 heterocycles. The molecule has 142 valence electrons. The molecule has 2 aromatic carbocycles. The Hall–Kier alpha value is -1.55. The molecular formula is C22H31ClN2O. The summed E-state index contributed by atoms with van der Waals surface area (Å²) in [6, 6.07) is 17.2. The normalized spacial score (nSPS) is 16.7. The Morgan fingerprint density at radius 1 is 1.00 bits per heavy atom. The fourth-order valence-corrected chi connectivity index (χ4v) is 3.43. The maximum atomic E-state index is 6.35. The molecule has 4 heteroatoms. The third kappa shape index (κ3) is 6.01. The molecule has 0 saturated carbocycles. The van der Waals surface area contributed by atoms with Crippen LogP contribution < -0.4 is 4.74 Å². The zero-order valence-corrected chi connectivity index (χ0v) is 17.0. The average Bonchev–Trinajstić information content (AvgIpc) is 2.60. The van der Waals surface area contributed by atoms with E-state index in [1.54, 1.807) is 0 Å². The molecule has 26 heavy (non-hydrogen) atoms. The monoisotopic (exact) mass is 374 g/mol. The van der Waals surface area contributed by atoms with Crippen molar-refractivity contribution < 1.29 is 4.74 Å². The summed E-state index contributed by atoms with van der Waals surface area (Å²) < 4.78 is 6.35. The smallest absolute Gasteiger partial charge is 0.123 e. The molecule has 0 aliphatic carbocycles. The zero-order valence-electron chi connectivity index (χ0n) is 16.1. The Bertz CT molecular complexity index is 669. The molecule has 1 aliphatic heterocycles. The molecule has 0 N–H and O–H groups in total. The molecule has 0 amide bonds. The van der Waals surface area contributed by atoms with Crippen molar-refractivity contribution in [1.82, 2.24) is 9.80 Å². The number of ether oxygens (including phenoxy) is 1. The second kappa shape index (κ2) is 9.96. The zero-order chi connectivity index (χ0) is 17.6. The summed E-state index contributed by atoms with van der Waals surface area (Å²) >= 11 is 0. The van der Waals surface area contributed by atoms with Crippen LogP contribution in [0.15, 0.2) is 48.5 Å². The van der Waals surface area contributed by atoms with Gasteiger partial charge in [0.2, 0.25) is 0 Å². The van der Waals surface area contributed by atoms with E-state index in [-0.39, 0.29) is 18.5 Å². The lowest BCUT2D eigenvalue weighted by molar-refractivity contribution is 0.101. The van der Waals surface area contributed by atoms with Crippen molar-refractivity contribution in [3.63, 3.8) is 0 Å². The van der Waals surface area contributed by atoms with Crippen molar-refractivity contribution >= 4 is 12.4 Å².